The highest BCUT2D eigenvalue weighted by Crippen LogP contribution is 2.34. The van der Waals surface area contributed by atoms with Crippen molar-refractivity contribution in [2.45, 2.75) is 30.8 Å². The zero-order chi connectivity index (χ0) is 17.5. The van der Waals surface area contributed by atoms with Gasteiger partial charge in [-0.3, -0.25) is 4.90 Å². The van der Waals surface area contributed by atoms with Gasteiger partial charge in [0.1, 0.15) is 0 Å². The van der Waals surface area contributed by atoms with Gasteiger partial charge < -0.3 is 5.73 Å². The molecule has 0 amide bonds. The normalized spacial score (nSPS) is 21.1. The summed E-state index contributed by atoms with van der Waals surface area (Å²) in [5, 5.41) is -0.252. The second kappa shape index (κ2) is 6.20. The van der Waals surface area contributed by atoms with Gasteiger partial charge in [-0.15, -0.1) is 0 Å². The average Bonchev–Trinajstić information content (AvgIpc) is 3.34. The molecule has 134 valence electrons. The number of nitrogens with zero attached hydrogens (tertiary/aromatic N) is 2. The smallest absolute Gasteiger partial charge is 0.399 e. The van der Waals surface area contributed by atoms with E-state index >= 15 is 0 Å². The van der Waals surface area contributed by atoms with Crippen LogP contribution in [-0.2, 0) is 22.7 Å². The summed E-state index contributed by atoms with van der Waals surface area (Å²) in [7, 11) is -3.21. The van der Waals surface area contributed by atoms with Crippen molar-refractivity contribution in [3.05, 3.63) is 29.3 Å². The quantitative estimate of drug-likeness (QED) is 0.830. The van der Waals surface area contributed by atoms with Crippen molar-refractivity contribution in [1.82, 2.24) is 9.21 Å². The molecule has 9 heteroatoms. The number of halogens is 3. The van der Waals surface area contributed by atoms with Crippen molar-refractivity contribution >= 4 is 15.7 Å². The van der Waals surface area contributed by atoms with Crippen LogP contribution in [0.25, 0.3) is 0 Å². The number of rotatable bonds is 4. The molecule has 0 bridgehead atoms. The highest BCUT2D eigenvalue weighted by atomic mass is 32.2. The molecule has 5 nitrogen and oxygen atoms in total. The number of sulfonamides is 1. The van der Waals surface area contributed by atoms with Gasteiger partial charge in [-0.1, -0.05) is 6.07 Å². The first kappa shape index (κ1) is 17.5. The maximum atomic E-state index is 13.1. The van der Waals surface area contributed by atoms with E-state index in [-0.39, 0.29) is 23.0 Å². The maximum Gasteiger partial charge on any atom is 0.416 e. The molecular formula is C15H20F3N3O2S. The van der Waals surface area contributed by atoms with Gasteiger partial charge in [0.15, 0.2) is 0 Å². The number of nitrogens with two attached hydrogens (primary N) is 1. The minimum Gasteiger partial charge on any atom is -0.399 e. The van der Waals surface area contributed by atoms with E-state index in [4.69, 9.17) is 5.73 Å². The Labute approximate surface area is 139 Å². The van der Waals surface area contributed by atoms with Crippen molar-refractivity contribution in [3.63, 3.8) is 0 Å². The largest absolute Gasteiger partial charge is 0.416 e. The SMILES string of the molecule is Nc1ccc(CN2CCN(S(=O)(=O)C3CC3)CC2)c(C(F)(F)F)c1. The molecule has 2 N–H and O–H groups in total. The molecule has 1 aliphatic carbocycles. The van der Waals surface area contributed by atoms with E-state index < -0.39 is 21.8 Å². The standard InChI is InChI=1S/C15H20F3N3O2S/c16-15(17,18)14-9-12(19)2-1-11(14)10-20-5-7-21(8-6-20)24(22,23)13-3-4-13/h1-2,9,13H,3-8,10,19H2. The third-order valence-corrected chi connectivity index (χ3v) is 6.87. The lowest BCUT2D eigenvalue weighted by atomic mass is 10.1. The Hall–Kier alpha value is -1.32. The molecule has 0 radical (unpaired) electrons. The fourth-order valence-electron chi connectivity index (χ4n) is 2.96. The van der Waals surface area contributed by atoms with Crippen LogP contribution in [0.2, 0.25) is 0 Å². The first-order valence-corrected chi connectivity index (χ1v) is 9.35. The van der Waals surface area contributed by atoms with Crippen LogP contribution in [0.15, 0.2) is 18.2 Å². The first-order chi connectivity index (χ1) is 11.2. The summed E-state index contributed by atoms with van der Waals surface area (Å²) in [6.07, 6.45) is -3.03. The van der Waals surface area contributed by atoms with Crippen LogP contribution in [-0.4, -0.2) is 49.1 Å². The molecule has 0 spiro atoms. The number of piperazine rings is 1. The molecule has 1 saturated heterocycles. The van der Waals surface area contributed by atoms with Gasteiger partial charge in [-0.05, 0) is 30.5 Å². The van der Waals surface area contributed by atoms with Gasteiger partial charge in [-0.25, -0.2) is 8.42 Å². The third-order valence-electron chi connectivity index (χ3n) is 4.47. The van der Waals surface area contributed by atoms with Gasteiger partial charge in [-0.2, -0.15) is 17.5 Å². The molecule has 0 aromatic heterocycles. The van der Waals surface area contributed by atoms with E-state index in [0.29, 0.717) is 39.0 Å². The molecule has 2 fully saturated rings. The summed E-state index contributed by atoms with van der Waals surface area (Å²) >= 11 is 0. The van der Waals surface area contributed by atoms with Crippen LogP contribution < -0.4 is 5.73 Å². The average molecular weight is 363 g/mol. The lowest BCUT2D eigenvalue weighted by Gasteiger charge is -2.34. The molecule has 1 aliphatic heterocycles. The van der Waals surface area contributed by atoms with Crippen molar-refractivity contribution in [3.8, 4) is 0 Å². The highest BCUT2D eigenvalue weighted by molar-refractivity contribution is 7.90. The number of hydrogen-bond donors (Lipinski definition) is 1. The predicted octanol–water partition coefficient (Wildman–Crippen LogP) is 1.90. The van der Waals surface area contributed by atoms with Crippen LogP contribution in [0.3, 0.4) is 0 Å². The van der Waals surface area contributed by atoms with Crippen LogP contribution in [0.4, 0.5) is 18.9 Å². The van der Waals surface area contributed by atoms with Crippen LogP contribution in [0.1, 0.15) is 24.0 Å². The summed E-state index contributed by atoms with van der Waals surface area (Å²) < 4.78 is 65.2. The first-order valence-electron chi connectivity index (χ1n) is 7.85. The summed E-state index contributed by atoms with van der Waals surface area (Å²) in [6, 6.07) is 3.80. The predicted molar refractivity (Wildman–Crippen MR) is 84.6 cm³/mol. The molecule has 3 rings (SSSR count). The lowest BCUT2D eigenvalue weighted by Crippen LogP contribution is -2.49. The van der Waals surface area contributed by atoms with Gasteiger partial charge in [0.25, 0.3) is 0 Å². The third kappa shape index (κ3) is 3.68. The monoisotopic (exact) mass is 363 g/mol. The Bertz CT molecular complexity index is 709. The maximum absolute atomic E-state index is 13.1. The Morgan fingerprint density at radius 3 is 2.29 bits per heavy atom. The Morgan fingerprint density at radius 1 is 1.12 bits per heavy atom. The molecule has 0 unspecified atom stereocenters. The molecule has 2 aliphatic rings. The molecule has 1 saturated carbocycles. The Morgan fingerprint density at radius 2 is 1.75 bits per heavy atom. The van der Waals surface area contributed by atoms with Gasteiger partial charge in [0, 0.05) is 38.4 Å². The van der Waals surface area contributed by atoms with Gasteiger partial charge >= 0.3 is 6.18 Å². The van der Waals surface area contributed by atoms with E-state index in [1.165, 1.54) is 16.4 Å². The second-order valence-electron chi connectivity index (χ2n) is 6.33. The van der Waals surface area contributed by atoms with Crippen molar-refractivity contribution in [2.24, 2.45) is 0 Å². The molecule has 1 heterocycles. The minimum absolute atomic E-state index is 0.0754. The van der Waals surface area contributed by atoms with E-state index in [2.05, 4.69) is 0 Å². The minimum atomic E-state index is -4.46. The Kier molecular flexibility index (Phi) is 4.52. The van der Waals surface area contributed by atoms with E-state index in [9.17, 15) is 21.6 Å². The van der Waals surface area contributed by atoms with E-state index in [1.807, 2.05) is 4.90 Å². The number of alkyl halides is 3. The molecule has 0 atom stereocenters. The molecular weight excluding hydrogens is 343 g/mol. The zero-order valence-corrected chi connectivity index (χ0v) is 13.9. The molecule has 1 aromatic carbocycles. The van der Waals surface area contributed by atoms with Gasteiger partial charge in [0.05, 0.1) is 10.8 Å². The fourth-order valence-corrected chi connectivity index (χ4v) is 4.78. The summed E-state index contributed by atoms with van der Waals surface area (Å²) in [6.45, 7) is 1.64. The van der Waals surface area contributed by atoms with Crippen molar-refractivity contribution < 1.29 is 21.6 Å². The number of nitrogen functional groups attached to an aromatic ring is 1. The summed E-state index contributed by atoms with van der Waals surface area (Å²) in [4.78, 5) is 1.85. The van der Waals surface area contributed by atoms with Crippen LogP contribution in [0, 0.1) is 0 Å². The van der Waals surface area contributed by atoms with Crippen molar-refractivity contribution in [2.75, 3.05) is 31.9 Å². The van der Waals surface area contributed by atoms with Crippen LogP contribution in [0.5, 0.6) is 0 Å². The summed E-state index contributed by atoms with van der Waals surface area (Å²) in [5.41, 5.74) is 4.98. The van der Waals surface area contributed by atoms with Crippen molar-refractivity contribution in [1.29, 1.82) is 0 Å². The highest BCUT2D eigenvalue weighted by Gasteiger charge is 2.41. The topological polar surface area (TPSA) is 66.6 Å². The Balaban J connectivity index is 1.66. The number of hydrogen-bond acceptors (Lipinski definition) is 4. The molecule has 1 aromatic rings. The van der Waals surface area contributed by atoms with Gasteiger partial charge in [0.2, 0.25) is 10.0 Å². The number of anilines is 1. The van der Waals surface area contributed by atoms with E-state index in [0.717, 1.165) is 6.07 Å². The zero-order valence-electron chi connectivity index (χ0n) is 13.1. The van der Waals surface area contributed by atoms with Crippen LogP contribution >= 0.6 is 0 Å². The summed E-state index contributed by atoms with van der Waals surface area (Å²) in [5.74, 6) is 0. The fraction of sp³-hybridized carbons (Fsp3) is 0.600. The van der Waals surface area contributed by atoms with E-state index in [1.54, 1.807) is 0 Å². The second-order valence-corrected chi connectivity index (χ2v) is 8.55. The number of benzene rings is 1. The molecule has 24 heavy (non-hydrogen) atoms. The lowest BCUT2D eigenvalue weighted by molar-refractivity contribution is -0.138.